The van der Waals surface area contributed by atoms with Crippen LogP contribution in [-0.4, -0.2) is 29.2 Å². The third kappa shape index (κ3) is 2.52. The van der Waals surface area contributed by atoms with Gasteiger partial charge in [0, 0.05) is 23.8 Å². The molecule has 0 aliphatic heterocycles. The van der Waals surface area contributed by atoms with Gasteiger partial charge in [0.25, 0.3) is 5.91 Å². The van der Waals surface area contributed by atoms with Crippen molar-refractivity contribution in [2.24, 2.45) is 0 Å². The highest BCUT2D eigenvalue weighted by molar-refractivity contribution is 9.09. The van der Waals surface area contributed by atoms with Crippen LogP contribution in [0.2, 0.25) is 0 Å². The molecule has 0 aliphatic rings. The molecule has 1 amide bonds. The fourth-order valence-corrected chi connectivity index (χ4v) is 2.24. The standard InChI is InChI=1S/C13H14BrNO2/c1-9(14)7-15(2)13(16)11-8-17-12-6-4-3-5-10(11)12/h3-6,8-9H,7H2,1-2H3. The molecule has 0 aliphatic carbocycles. The Morgan fingerprint density at radius 2 is 2.18 bits per heavy atom. The lowest BCUT2D eigenvalue weighted by Crippen LogP contribution is -2.31. The van der Waals surface area contributed by atoms with E-state index in [0.717, 1.165) is 11.0 Å². The molecule has 0 saturated heterocycles. The summed E-state index contributed by atoms with van der Waals surface area (Å²) in [6.45, 7) is 2.68. The quantitative estimate of drug-likeness (QED) is 0.814. The van der Waals surface area contributed by atoms with E-state index >= 15 is 0 Å². The molecule has 2 rings (SSSR count). The minimum atomic E-state index is -0.0127. The summed E-state index contributed by atoms with van der Waals surface area (Å²) >= 11 is 3.44. The highest BCUT2D eigenvalue weighted by Gasteiger charge is 2.18. The van der Waals surface area contributed by atoms with Crippen LogP contribution in [0.5, 0.6) is 0 Å². The van der Waals surface area contributed by atoms with Crippen molar-refractivity contribution in [2.75, 3.05) is 13.6 Å². The molecule has 17 heavy (non-hydrogen) atoms. The van der Waals surface area contributed by atoms with E-state index in [9.17, 15) is 4.79 Å². The van der Waals surface area contributed by atoms with Gasteiger partial charge in [0.2, 0.25) is 0 Å². The van der Waals surface area contributed by atoms with Crippen LogP contribution in [0.3, 0.4) is 0 Å². The van der Waals surface area contributed by atoms with Crippen LogP contribution in [0.15, 0.2) is 34.9 Å². The van der Waals surface area contributed by atoms with Gasteiger partial charge in [-0.3, -0.25) is 4.79 Å². The van der Waals surface area contributed by atoms with E-state index in [-0.39, 0.29) is 10.7 Å². The van der Waals surface area contributed by atoms with Gasteiger partial charge in [-0.15, -0.1) is 0 Å². The summed E-state index contributed by atoms with van der Waals surface area (Å²) in [6.07, 6.45) is 1.53. The number of furan rings is 1. The molecule has 4 heteroatoms. The molecule has 1 atom stereocenters. The number of nitrogens with zero attached hydrogens (tertiary/aromatic N) is 1. The molecule has 1 heterocycles. The van der Waals surface area contributed by atoms with Crippen molar-refractivity contribution >= 4 is 32.8 Å². The van der Waals surface area contributed by atoms with E-state index in [4.69, 9.17) is 4.42 Å². The van der Waals surface area contributed by atoms with Crippen LogP contribution in [0.25, 0.3) is 11.0 Å². The molecule has 0 spiro atoms. The Balaban J connectivity index is 2.30. The van der Waals surface area contributed by atoms with Crippen LogP contribution in [0.4, 0.5) is 0 Å². The second-order valence-corrected chi connectivity index (χ2v) is 5.68. The Morgan fingerprint density at radius 3 is 2.88 bits per heavy atom. The molecular formula is C13H14BrNO2. The lowest BCUT2D eigenvalue weighted by molar-refractivity contribution is 0.0798. The number of benzene rings is 1. The smallest absolute Gasteiger partial charge is 0.257 e. The number of fused-ring (bicyclic) bond motifs is 1. The zero-order valence-electron chi connectivity index (χ0n) is 9.81. The number of halogens is 1. The van der Waals surface area contributed by atoms with Crippen LogP contribution in [0, 0.1) is 0 Å². The molecule has 0 saturated carbocycles. The molecule has 0 fully saturated rings. The molecule has 1 aromatic carbocycles. The summed E-state index contributed by atoms with van der Waals surface area (Å²) < 4.78 is 5.37. The molecule has 0 bridgehead atoms. The molecule has 90 valence electrons. The summed E-state index contributed by atoms with van der Waals surface area (Å²) in [6, 6.07) is 7.56. The van der Waals surface area contributed by atoms with Gasteiger partial charge in [0.05, 0.1) is 5.56 Å². The van der Waals surface area contributed by atoms with Crippen LogP contribution in [-0.2, 0) is 0 Å². The third-order valence-corrected chi connectivity index (χ3v) is 2.87. The van der Waals surface area contributed by atoms with E-state index in [1.165, 1.54) is 6.26 Å². The molecule has 1 aromatic heterocycles. The molecule has 2 aromatic rings. The number of hydrogen-bond donors (Lipinski definition) is 0. The van der Waals surface area contributed by atoms with Crippen molar-refractivity contribution in [3.8, 4) is 0 Å². The molecule has 0 N–H and O–H groups in total. The van der Waals surface area contributed by atoms with E-state index < -0.39 is 0 Å². The fourth-order valence-electron chi connectivity index (χ4n) is 1.81. The lowest BCUT2D eigenvalue weighted by Gasteiger charge is -2.17. The predicted octanol–water partition coefficient (Wildman–Crippen LogP) is 3.29. The van der Waals surface area contributed by atoms with Gasteiger partial charge in [-0.2, -0.15) is 0 Å². The highest BCUT2D eigenvalue weighted by Crippen LogP contribution is 2.22. The van der Waals surface area contributed by atoms with Gasteiger partial charge in [0.1, 0.15) is 11.8 Å². The summed E-state index contributed by atoms with van der Waals surface area (Å²) in [5, 5.41) is 0.867. The van der Waals surface area contributed by atoms with Crippen LogP contribution in [0.1, 0.15) is 17.3 Å². The van der Waals surface area contributed by atoms with Gasteiger partial charge in [-0.05, 0) is 6.07 Å². The normalized spacial score (nSPS) is 12.6. The zero-order chi connectivity index (χ0) is 12.4. The van der Waals surface area contributed by atoms with E-state index in [2.05, 4.69) is 15.9 Å². The van der Waals surface area contributed by atoms with E-state index in [0.29, 0.717) is 12.1 Å². The fraction of sp³-hybridized carbons (Fsp3) is 0.308. The van der Waals surface area contributed by atoms with Gasteiger partial charge in [-0.25, -0.2) is 0 Å². The number of carbonyl (C=O) groups is 1. The Kier molecular flexibility index (Phi) is 3.52. The van der Waals surface area contributed by atoms with Crippen molar-refractivity contribution in [3.05, 3.63) is 36.1 Å². The minimum Gasteiger partial charge on any atom is -0.463 e. The molecular weight excluding hydrogens is 282 g/mol. The Bertz CT molecular complexity index is 533. The Labute approximate surface area is 109 Å². The lowest BCUT2D eigenvalue weighted by atomic mass is 10.1. The largest absolute Gasteiger partial charge is 0.463 e. The maximum Gasteiger partial charge on any atom is 0.257 e. The van der Waals surface area contributed by atoms with Crippen molar-refractivity contribution < 1.29 is 9.21 Å². The van der Waals surface area contributed by atoms with E-state index in [1.54, 1.807) is 11.9 Å². The van der Waals surface area contributed by atoms with Crippen molar-refractivity contribution in [1.82, 2.24) is 4.90 Å². The summed E-state index contributed by atoms with van der Waals surface area (Å²) in [5.74, 6) is -0.0127. The average molecular weight is 296 g/mol. The summed E-state index contributed by atoms with van der Waals surface area (Å²) in [4.78, 5) is 14.2. The van der Waals surface area contributed by atoms with Crippen molar-refractivity contribution in [3.63, 3.8) is 0 Å². The summed E-state index contributed by atoms with van der Waals surface area (Å²) in [5.41, 5.74) is 1.37. The Hall–Kier alpha value is -1.29. The monoisotopic (exact) mass is 295 g/mol. The predicted molar refractivity (Wildman–Crippen MR) is 71.6 cm³/mol. The first-order chi connectivity index (χ1) is 8.09. The van der Waals surface area contributed by atoms with Crippen LogP contribution < -0.4 is 0 Å². The first kappa shape index (κ1) is 12.2. The molecule has 1 unspecified atom stereocenters. The number of rotatable bonds is 3. The number of hydrogen-bond acceptors (Lipinski definition) is 2. The van der Waals surface area contributed by atoms with Gasteiger partial charge < -0.3 is 9.32 Å². The van der Waals surface area contributed by atoms with Gasteiger partial charge >= 0.3 is 0 Å². The van der Waals surface area contributed by atoms with Crippen LogP contribution >= 0.6 is 15.9 Å². The highest BCUT2D eigenvalue weighted by atomic mass is 79.9. The van der Waals surface area contributed by atoms with Gasteiger partial charge in [-0.1, -0.05) is 41.1 Å². The Morgan fingerprint density at radius 1 is 1.47 bits per heavy atom. The maximum absolute atomic E-state index is 12.2. The second kappa shape index (κ2) is 4.92. The summed E-state index contributed by atoms with van der Waals surface area (Å²) in [7, 11) is 1.79. The minimum absolute atomic E-state index is 0.0127. The first-order valence-electron chi connectivity index (χ1n) is 5.45. The second-order valence-electron chi connectivity index (χ2n) is 4.11. The number of carbonyl (C=O) groups excluding carboxylic acids is 1. The third-order valence-electron chi connectivity index (χ3n) is 2.58. The molecule has 3 nitrogen and oxygen atoms in total. The SMILES string of the molecule is CC(Br)CN(C)C(=O)c1coc2ccccc12. The number of alkyl halides is 1. The number of para-hydroxylation sites is 1. The van der Waals surface area contributed by atoms with Crippen molar-refractivity contribution in [2.45, 2.75) is 11.8 Å². The maximum atomic E-state index is 12.2. The number of amides is 1. The molecule has 0 radical (unpaired) electrons. The van der Waals surface area contributed by atoms with E-state index in [1.807, 2.05) is 31.2 Å². The van der Waals surface area contributed by atoms with Gasteiger partial charge in [0.15, 0.2) is 0 Å². The topological polar surface area (TPSA) is 33.5 Å². The van der Waals surface area contributed by atoms with Crippen molar-refractivity contribution in [1.29, 1.82) is 0 Å². The average Bonchev–Trinajstić information content (AvgIpc) is 2.70. The zero-order valence-corrected chi connectivity index (χ0v) is 11.4. The first-order valence-corrected chi connectivity index (χ1v) is 6.37.